The SMILES string of the molecule is COc1cccc(-c2nc(C(=O)O)co2)c1. The minimum Gasteiger partial charge on any atom is -0.497 e. The number of oxazole rings is 1. The molecule has 0 radical (unpaired) electrons. The zero-order chi connectivity index (χ0) is 11.5. The lowest BCUT2D eigenvalue weighted by atomic mass is 10.2. The van der Waals surface area contributed by atoms with Crippen LogP contribution in [0.4, 0.5) is 0 Å². The molecule has 82 valence electrons. The molecule has 0 aliphatic carbocycles. The van der Waals surface area contributed by atoms with Crippen LogP contribution < -0.4 is 4.74 Å². The average Bonchev–Trinajstić information content (AvgIpc) is 2.78. The summed E-state index contributed by atoms with van der Waals surface area (Å²) in [6.45, 7) is 0. The van der Waals surface area contributed by atoms with Crippen LogP contribution in [0.25, 0.3) is 11.5 Å². The van der Waals surface area contributed by atoms with Gasteiger partial charge in [-0.2, -0.15) is 0 Å². The second-order valence-electron chi connectivity index (χ2n) is 3.08. The van der Waals surface area contributed by atoms with Gasteiger partial charge in [-0.1, -0.05) is 6.07 Å². The largest absolute Gasteiger partial charge is 0.497 e. The number of carbonyl (C=O) groups is 1. The highest BCUT2D eigenvalue weighted by Crippen LogP contribution is 2.22. The molecule has 5 nitrogen and oxygen atoms in total. The lowest BCUT2D eigenvalue weighted by Gasteiger charge is -2.00. The fourth-order valence-corrected chi connectivity index (χ4v) is 1.26. The number of carboxylic acid groups (broad SMARTS) is 1. The maximum atomic E-state index is 10.6. The number of aromatic carboxylic acids is 1. The first kappa shape index (κ1) is 10.2. The average molecular weight is 219 g/mol. The molecular weight excluding hydrogens is 210 g/mol. The van der Waals surface area contributed by atoms with Crippen LogP contribution >= 0.6 is 0 Å². The lowest BCUT2D eigenvalue weighted by molar-refractivity contribution is 0.0690. The highest BCUT2D eigenvalue weighted by molar-refractivity contribution is 5.85. The fraction of sp³-hybridized carbons (Fsp3) is 0.0909. The zero-order valence-electron chi connectivity index (χ0n) is 8.51. The molecular formula is C11H9NO4. The van der Waals surface area contributed by atoms with E-state index in [4.69, 9.17) is 14.3 Å². The standard InChI is InChI=1S/C11H9NO4/c1-15-8-4-2-3-7(5-8)10-12-9(6-16-10)11(13)14/h2-6H,1H3,(H,13,14). The van der Waals surface area contributed by atoms with E-state index in [2.05, 4.69) is 4.98 Å². The molecule has 0 unspecified atom stereocenters. The van der Waals surface area contributed by atoms with Crippen LogP contribution in [-0.4, -0.2) is 23.2 Å². The van der Waals surface area contributed by atoms with E-state index in [9.17, 15) is 4.79 Å². The Kier molecular flexibility index (Phi) is 2.59. The molecule has 1 heterocycles. The van der Waals surface area contributed by atoms with Crippen molar-refractivity contribution in [3.05, 3.63) is 36.2 Å². The molecule has 0 saturated carbocycles. The van der Waals surface area contributed by atoms with Crippen molar-refractivity contribution in [2.24, 2.45) is 0 Å². The van der Waals surface area contributed by atoms with Crippen molar-refractivity contribution in [3.63, 3.8) is 0 Å². The topological polar surface area (TPSA) is 72.6 Å². The van der Waals surface area contributed by atoms with Crippen molar-refractivity contribution in [3.8, 4) is 17.2 Å². The van der Waals surface area contributed by atoms with Crippen molar-refractivity contribution in [2.75, 3.05) is 7.11 Å². The highest BCUT2D eigenvalue weighted by atomic mass is 16.5. The Morgan fingerprint density at radius 3 is 2.94 bits per heavy atom. The van der Waals surface area contributed by atoms with Gasteiger partial charge in [-0.3, -0.25) is 0 Å². The first-order valence-corrected chi connectivity index (χ1v) is 4.54. The van der Waals surface area contributed by atoms with Crippen LogP contribution in [0, 0.1) is 0 Å². The van der Waals surface area contributed by atoms with Gasteiger partial charge in [0.1, 0.15) is 12.0 Å². The summed E-state index contributed by atoms with van der Waals surface area (Å²) in [5.41, 5.74) is 0.560. The van der Waals surface area contributed by atoms with Crippen LogP contribution in [0.2, 0.25) is 0 Å². The summed E-state index contributed by atoms with van der Waals surface area (Å²) < 4.78 is 10.1. The molecule has 0 atom stereocenters. The van der Waals surface area contributed by atoms with Crippen LogP contribution in [-0.2, 0) is 0 Å². The number of aromatic nitrogens is 1. The molecule has 0 fully saturated rings. The molecule has 0 bridgehead atoms. The van der Waals surface area contributed by atoms with Gasteiger partial charge in [0.05, 0.1) is 7.11 Å². The number of methoxy groups -OCH3 is 1. The van der Waals surface area contributed by atoms with E-state index in [0.717, 1.165) is 6.26 Å². The molecule has 1 aromatic heterocycles. The smallest absolute Gasteiger partial charge is 0.357 e. The molecule has 1 aromatic carbocycles. The van der Waals surface area contributed by atoms with Crippen molar-refractivity contribution in [1.82, 2.24) is 4.98 Å². The fourth-order valence-electron chi connectivity index (χ4n) is 1.26. The predicted octanol–water partition coefficient (Wildman–Crippen LogP) is 2.05. The first-order chi connectivity index (χ1) is 7.70. The zero-order valence-corrected chi connectivity index (χ0v) is 8.51. The molecule has 16 heavy (non-hydrogen) atoms. The Morgan fingerprint density at radius 1 is 1.50 bits per heavy atom. The van der Waals surface area contributed by atoms with Gasteiger partial charge in [0.2, 0.25) is 5.89 Å². The molecule has 5 heteroatoms. The van der Waals surface area contributed by atoms with Gasteiger partial charge >= 0.3 is 5.97 Å². The van der Waals surface area contributed by atoms with Gasteiger partial charge < -0.3 is 14.3 Å². The van der Waals surface area contributed by atoms with Crippen LogP contribution in [0.3, 0.4) is 0 Å². The number of hydrogen-bond acceptors (Lipinski definition) is 4. The minimum absolute atomic E-state index is 0.113. The van der Waals surface area contributed by atoms with E-state index in [1.807, 2.05) is 0 Å². The van der Waals surface area contributed by atoms with Gasteiger partial charge in [-0.05, 0) is 18.2 Å². The van der Waals surface area contributed by atoms with Gasteiger partial charge in [0.25, 0.3) is 0 Å². The van der Waals surface area contributed by atoms with Crippen molar-refractivity contribution >= 4 is 5.97 Å². The molecule has 0 spiro atoms. The second-order valence-corrected chi connectivity index (χ2v) is 3.08. The van der Waals surface area contributed by atoms with Gasteiger partial charge in [0.15, 0.2) is 5.69 Å². The summed E-state index contributed by atoms with van der Waals surface area (Å²) in [5.74, 6) is -0.193. The van der Waals surface area contributed by atoms with E-state index in [0.29, 0.717) is 11.3 Å². The monoisotopic (exact) mass is 219 g/mol. The first-order valence-electron chi connectivity index (χ1n) is 4.54. The maximum Gasteiger partial charge on any atom is 0.357 e. The summed E-state index contributed by atoms with van der Waals surface area (Å²) >= 11 is 0. The molecule has 2 rings (SSSR count). The molecule has 1 N–H and O–H groups in total. The molecule has 2 aromatic rings. The van der Waals surface area contributed by atoms with E-state index in [1.54, 1.807) is 31.4 Å². The summed E-state index contributed by atoms with van der Waals surface area (Å²) in [4.78, 5) is 14.5. The molecule has 0 amide bonds. The van der Waals surface area contributed by atoms with E-state index >= 15 is 0 Å². The number of benzene rings is 1. The van der Waals surface area contributed by atoms with Crippen molar-refractivity contribution in [1.29, 1.82) is 0 Å². The van der Waals surface area contributed by atoms with Crippen LogP contribution in [0.1, 0.15) is 10.5 Å². The van der Waals surface area contributed by atoms with E-state index < -0.39 is 5.97 Å². The molecule has 0 aliphatic rings. The normalized spacial score (nSPS) is 10.1. The number of ether oxygens (including phenoxy) is 1. The number of rotatable bonds is 3. The third kappa shape index (κ3) is 1.88. The van der Waals surface area contributed by atoms with Crippen molar-refractivity contribution < 1.29 is 19.1 Å². The third-order valence-electron chi connectivity index (χ3n) is 2.04. The predicted molar refractivity (Wildman–Crippen MR) is 55.5 cm³/mol. The Balaban J connectivity index is 2.38. The maximum absolute atomic E-state index is 10.6. The van der Waals surface area contributed by atoms with E-state index in [1.165, 1.54) is 0 Å². The number of carboxylic acids is 1. The highest BCUT2D eigenvalue weighted by Gasteiger charge is 2.11. The molecule has 0 saturated heterocycles. The Morgan fingerprint density at radius 2 is 2.31 bits per heavy atom. The number of nitrogens with zero attached hydrogens (tertiary/aromatic N) is 1. The second kappa shape index (κ2) is 4.06. The summed E-state index contributed by atoms with van der Waals surface area (Å²) in [5, 5.41) is 8.70. The lowest BCUT2D eigenvalue weighted by Crippen LogP contribution is -1.95. The number of hydrogen-bond donors (Lipinski definition) is 1. The Hall–Kier alpha value is -2.30. The van der Waals surface area contributed by atoms with Crippen LogP contribution in [0.15, 0.2) is 34.9 Å². The Bertz CT molecular complexity index is 518. The summed E-state index contributed by atoms with van der Waals surface area (Å²) in [7, 11) is 1.55. The minimum atomic E-state index is -1.11. The van der Waals surface area contributed by atoms with Gasteiger partial charge in [-0.25, -0.2) is 9.78 Å². The quantitative estimate of drug-likeness (QED) is 0.855. The van der Waals surface area contributed by atoms with Crippen LogP contribution in [0.5, 0.6) is 5.75 Å². The summed E-state index contributed by atoms with van der Waals surface area (Å²) in [6.07, 6.45) is 1.11. The molecule has 0 aliphatic heterocycles. The summed E-state index contributed by atoms with van der Waals surface area (Å²) in [6, 6.07) is 7.04. The van der Waals surface area contributed by atoms with Crippen molar-refractivity contribution in [2.45, 2.75) is 0 Å². The van der Waals surface area contributed by atoms with E-state index in [-0.39, 0.29) is 11.6 Å². The Labute approximate surface area is 91.3 Å². The van der Waals surface area contributed by atoms with Gasteiger partial charge in [0, 0.05) is 5.56 Å². The van der Waals surface area contributed by atoms with Gasteiger partial charge in [-0.15, -0.1) is 0 Å². The third-order valence-corrected chi connectivity index (χ3v) is 2.04.